The number of carboxylic acids is 1. The molecular weight excluding hydrogens is 222 g/mol. The van der Waals surface area contributed by atoms with Gasteiger partial charge < -0.3 is 15.2 Å². The summed E-state index contributed by atoms with van der Waals surface area (Å²) in [5.74, 6) is -1.20. The molecule has 92 valence electrons. The Hall–Kier alpha value is -1.88. The number of rotatable bonds is 5. The maximum absolute atomic E-state index is 11.0. The first-order valence-electron chi connectivity index (χ1n) is 5.26. The monoisotopic (exact) mass is 237 g/mol. The van der Waals surface area contributed by atoms with E-state index in [0.717, 1.165) is 0 Å². The standard InChI is InChI=1S/C12H15NO4/c1-3-17-7-9-6-10(13-8(2)14)4-5-11(9)12(15)16/h4-6H,3,7H2,1-2H3,(H,13,14)(H,15,16). The number of benzene rings is 1. The third kappa shape index (κ3) is 3.88. The Kier molecular flexibility index (Phi) is 4.66. The first-order valence-corrected chi connectivity index (χ1v) is 5.26. The van der Waals surface area contributed by atoms with Crippen LogP contribution in [0.5, 0.6) is 0 Å². The van der Waals surface area contributed by atoms with Gasteiger partial charge in [0.15, 0.2) is 0 Å². The van der Waals surface area contributed by atoms with Crippen LogP contribution >= 0.6 is 0 Å². The van der Waals surface area contributed by atoms with Gasteiger partial charge in [-0.2, -0.15) is 0 Å². The van der Waals surface area contributed by atoms with Crippen molar-refractivity contribution in [3.8, 4) is 0 Å². The molecule has 5 heteroatoms. The third-order valence-corrected chi connectivity index (χ3v) is 2.12. The Bertz CT molecular complexity index is 429. The van der Waals surface area contributed by atoms with E-state index in [0.29, 0.717) is 17.9 Å². The quantitative estimate of drug-likeness (QED) is 0.819. The van der Waals surface area contributed by atoms with E-state index in [1.165, 1.54) is 13.0 Å². The average Bonchev–Trinajstić information content (AvgIpc) is 2.25. The number of amides is 1. The van der Waals surface area contributed by atoms with Crippen molar-refractivity contribution in [2.45, 2.75) is 20.5 Å². The lowest BCUT2D eigenvalue weighted by molar-refractivity contribution is -0.114. The number of anilines is 1. The van der Waals surface area contributed by atoms with Crippen LogP contribution < -0.4 is 5.32 Å². The van der Waals surface area contributed by atoms with Crippen molar-refractivity contribution in [1.29, 1.82) is 0 Å². The van der Waals surface area contributed by atoms with Crippen LogP contribution in [0.15, 0.2) is 18.2 Å². The fourth-order valence-electron chi connectivity index (χ4n) is 1.41. The summed E-state index contributed by atoms with van der Waals surface area (Å²) in [7, 11) is 0. The number of nitrogens with one attached hydrogen (secondary N) is 1. The minimum atomic E-state index is -1.01. The van der Waals surface area contributed by atoms with E-state index in [-0.39, 0.29) is 18.1 Å². The minimum Gasteiger partial charge on any atom is -0.478 e. The summed E-state index contributed by atoms with van der Waals surface area (Å²) in [4.78, 5) is 21.9. The molecule has 2 N–H and O–H groups in total. The maximum Gasteiger partial charge on any atom is 0.336 e. The molecule has 0 unspecified atom stereocenters. The van der Waals surface area contributed by atoms with Gasteiger partial charge in [-0.1, -0.05) is 0 Å². The Labute approximate surface area is 99.4 Å². The van der Waals surface area contributed by atoms with E-state index >= 15 is 0 Å². The van der Waals surface area contributed by atoms with Gasteiger partial charge in [-0.15, -0.1) is 0 Å². The minimum absolute atomic E-state index is 0.188. The molecule has 1 amide bonds. The Morgan fingerprint density at radius 1 is 1.41 bits per heavy atom. The molecule has 1 rings (SSSR count). The van der Waals surface area contributed by atoms with Gasteiger partial charge in [0.1, 0.15) is 0 Å². The van der Waals surface area contributed by atoms with E-state index in [2.05, 4.69) is 5.32 Å². The summed E-state index contributed by atoms with van der Waals surface area (Å²) < 4.78 is 5.19. The molecule has 1 aromatic rings. The van der Waals surface area contributed by atoms with Crippen molar-refractivity contribution in [3.05, 3.63) is 29.3 Å². The van der Waals surface area contributed by atoms with Crippen LogP contribution in [0.4, 0.5) is 5.69 Å². The first-order chi connectivity index (χ1) is 8.04. The number of carboxylic acid groups (broad SMARTS) is 1. The number of carbonyl (C=O) groups excluding carboxylic acids is 1. The SMILES string of the molecule is CCOCc1cc(NC(C)=O)ccc1C(=O)O. The van der Waals surface area contributed by atoms with Gasteiger partial charge in [-0.3, -0.25) is 4.79 Å². The second-order valence-electron chi connectivity index (χ2n) is 3.50. The molecular formula is C12H15NO4. The Morgan fingerprint density at radius 2 is 2.12 bits per heavy atom. The second-order valence-corrected chi connectivity index (χ2v) is 3.50. The fourth-order valence-corrected chi connectivity index (χ4v) is 1.41. The average molecular weight is 237 g/mol. The van der Waals surface area contributed by atoms with E-state index in [4.69, 9.17) is 9.84 Å². The topological polar surface area (TPSA) is 75.6 Å². The maximum atomic E-state index is 11.0. The number of carbonyl (C=O) groups is 2. The first kappa shape index (κ1) is 13.2. The van der Waals surface area contributed by atoms with Gasteiger partial charge in [-0.05, 0) is 30.7 Å². The molecule has 17 heavy (non-hydrogen) atoms. The van der Waals surface area contributed by atoms with Gasteiger partial charge in [0.2, 0.25) is 5.91 Å². The van der Waals surface area contributed by atoms with Crippen molar-refractivity contribution in [3.63, 3.8) is 0 Å². The third-order valence-electron chi connectivity index (χ3n) is 2.12. The van der Waals surface area contributed by atoms with Crippen molar-refractivity contribution < 1.29 is 19.4 Å². The zero-order valence-electron chi connectivity index (χ0n) is 9.82. The van der Waals surface area contributed by atoms with Gasteiger partial charge in [0, 0.05) is 19.2 Å². The smallest absolute Gasteiger partial charge is 0.336 e. The zero-order chi connectivity index (χ0) is 12.8. The number of hydrogen-bond donors (Lipinski definition) is 2. The summed E-state index contributed by atoms with van der Waals surface area (Å²) >= 11 is 0. The highest BCUT2D eigenvalue weighted by Gasteiger charge is 2.11. The Balaban J connectivity index is 3.00. The lowest BCUT2D eigenvalue weighted by Gasteiger charge is -2.09. The van der Waals surface area contributed by atoms with E-state index in [9.17, 15) is 9.59 Å². The van der Waals surface area contributed by atoms with Crippen molar-refractivity contribution in [1.82, 2.24) is 0 Å². The predicted molar refractivity (Wildman–Crippen MR) is 63.0 cm³/mol. The van der Waals surface area contributed by atoms with Gasteiger partial charge in [0.05, 0.1) is 12.2 Å². The number of hydrogen-bond acceptors (Lipinski definition) is 3. The lowest BCUT2D eigenvalue weighted by atomic mass is 10.1. The van der Waals surface area contributed by atoms with Crippen LogP contribution in [0.3, 0.4) is 0 Å². The summed E-state index contributed by atoms with van der Waals surface area (Å²) in [6, 6.07) is 4.63. The number of ether oxygens (including phenoxy) is 1. The largest absolute Gasteiger partial charge is 0.478 e. The molecule has 0 spiro atoms. The molecule has 0 heterocycles. The highest BCUT2D eigenvalue weighted by molar-refractivity contribution is 5.92. The van der Waals surface area contributed by atoms with Crippen LogP contribution in [0.1, 0.15) is 29.8 Å². The van der Waals surface area contributed by atoms with Crippen LogP contribution in [0, 0.1) is 0 Å². The normalized spacial score (nSPS) is 10.0. The molecule has 0 atom stereocenters. The molecule has 5 nitrogen and oxygen atoms in total. The molecule has 0 aliphatic rings. The summed E-state index contributed by atoms with van der Waals surface area (Å²) in [6.07, 6.45) is 0. The number of aromatic carboxylic acids is 1. The molecule has 0 radical (unpaired) electrons. The highest BCUT2D eigenvalue weighted by atomic mass is 16.5. The van der Waals surface area contributed by atoms with E-state index < -0.39 is 5.97 Å². The van der Waals surface area contributed by atoms with Crippen molar-refractivity contribution in [2.75, 3.05) is 11.9 Å². The Morgan fingerprint density at radius 3 is 2.65 bits per heavy atom. The molecule has 0 saturated heterocycles. The molecule has 0 fully saturated rings. The van der Waals surface area contributed by atoms with Gasteiger partial charge >= 0.3 is 5.97 Å². The zero-order valence-corrected chi connectivity index (χ0v) is 9.82. The molecule has 0 saturated carbocycles. The van der Waals surface area contributed by atoms with E-state index in [1.807, 2.05) is 6.92 Å². The molecule has 0 aliphatic carbocycles. The summed E-state index contributed by atoms with van der Waals surface area (Å²) in [5, 5.41) is 11.6. The van der Waals surface area contributed by atoms with Gasteiger partial charge in [-0.25, -0.2) is 4.79 Å². The van der Waals surface area contributed by atoms with Crippen LogP contribution in [-0.2, 0) is 16.1 Å². The van der Waals surface area contributed by atoms with Crippen molar-refractivity contribution in [2.24, 2.45) is 0 Å². The predicted octanol–water partition coefficient (Wildman–Crippen LogP) is 1.88. The molecule has 1 aromatic carbocycles. The molecule has 0 aromatic heterocycles. The van der Waals surface area contributed by atoms with Gasteiger partial charge in [0.25, 0.3) is 0 Å². The summed E-state index contributed by atoms with van der Waals surface area (Å²) in [6.45, 7) is 3.94. The highest BCUT2D eigenvalue weighted by Crippen LogP contribution is 2.17. The molecule has 0 bridgehead atoms. The second kappa shape index (κ2) is 6.00. The van der Waals surface area contributed by atoms with Crippen LogP contribution in [0.2, 0.25) is 0 Å². The molecule has 0 aliphatic heterocycles. The summed E-state index contributed by atoms with van der Waals surface area (Å²) in [5.41, 5.74) is 1.30. The van der Waals surface area contributed by atoms with Crippen molar-refractivity contribution >= 4 is 17.6 Å². The fraction of sp³-hybridized carbons (Fsp3) is 0.333. The van der Waals surface area contributed by atoms with Crippen LogP contribution in [0.25, 0.3) is 0 Å². The lowest BCUT2D eigenvalue weighted by Crippen LogP contribution is -2.09. The van der Waals surface area contributed by atoms with E-state index in [1.54, 1.807) is 12.1 Å². The van der Waals surface area contributed by atoms with Crippen LogP contribution in [-0.4, -0.2) is 23.6 Å².